The molecule has 3 N–H and O–H groups in total. The summed E-state index contributed by atoms with van der Waals surface area (Å²) in [5, 5.41) is 9.15. The molecular formula is C14H19NO4. The smallest absolute Gasteiger partial charge is 0.321 e. The molecule has 0 unspecified atom stereocenters. The van der Waals surface area contributed by atoms with Gasteiger partial charge in [0.2, 0.25) is 0 Å². The van der Waals surface area contributed by atoms with E-state index in [2.05, 4.69) is 0 Å². The molecule has 19 heavy (non-hydrogen) atoms. The van der Waals surface area contributed by atoms with Crippen LogP contribution in [0.15, 0.2) is 30.3 Å². The van der Waals surface area contributed by atoms with Gasteiger partial charge in [-0.15, -0.1) is 0 Å². The Hall–Kier alpha value is -1.88. The average Bonchev–Trinajstić information content (AvgIpc) is 2.37. The zero-order valence-electron chi connectivity index (χ0n) is 11.1. The number of carboxylic acid groups (broad SMARTS) is 1. The van der Waals surface area contributed by atoms with Crippen molar-refractivity contribution in [2.45, 2.75) is 20.5 Å². The predicted octanol–water partition coefficient (Wildman–Crippen LogP) is 1.42. The fourth-order valence-corrected chi connectivity index (χ4v) is 1.68. The first kappa shape index (κ1) is 15.2. The van der Waals surface area contributed by atoms with Gasteiger partial charge in [-0.2, -0.15) is 0 Å². The Balaban J connectivity index is 2.71. The maximum absolute atomic E-state index is 11.9. The largest absolute Gasteiger partial charge is 0.481 e. The first-order chi connectivity index (χ1) is 8.88. The van der Waals surface area contributed by atoms with Gasteiger partial charge in [0.1, 0.15) is 6.61 Å². The summed E-state index contributed by atoms with van der Waals surface area (Å²) in [6.45, 7) is 3.42. The number of carboxylic acids is 1. The van der Waals surface area contributed by atoms with Crippen LogP contribution in [0.4, 0.5) is 0 Å². The lowest BCUT2D eigenvalue weighted by atomic mass is 9.79. The minimum absolute atomic E-state index is 0.0596. The van der Waals surface area contributed by atoms with Crippen LogP contribution < -0.4 is 5.73 Å². The van der Waals surface area contributed by atoms with E-state index in [4.69, 9.17) is 15.6 Å². The Morgan fingerprint density at radius 3 is 2.37 bits per heavy atom. The van der Waals surface area contributed by atoms with Gasteiger partial charge < -0.3 is 15.6 Å². The van der Waals surface area contributed by atoms with Crippen LogP contribution in [0, 0.1) is 11.3 Å². The molecule has 0 fully saturated rings. The summed E-state index contributed by atoms with van der Waals surface area (Å²) >= 11 is 0. The molecule has 5 nitrogen and oxygen atoms in total. The molecule has 0 aliphatic carbocycles. The molecule has 1 aromatic rings. The Kier molecular flexibility index (Phi) is 5.06. The van der Waals surface area contributed by atoms with Crippen LogP contribution in [-0.4, -0.2) is 23.6 Å². The highest BCUT2D eigenvalue weighted by molar-refractivity contribution is 5.94. The van der Waals surface area contributed by atoms with Gasteiger partial charge in [-0.05, 0) is 12.1 Å². The Labute approximate surface area is 112 Å². The fraction of sp³-hybridized carbons (Fsp3) is 0.429. The second-order valence-corrected chi connectivity index (χ2v) is 5.06. The van der Waals surface area contributed by atoms with Gasteiger partial charge in [0.05, 0.1) is 0 Å². The molecule has 0 aliphatic rings. The zero-order chi connectivity index (χ0) is 14.5. The number of hydrogen-bond donors (Lipinski definition) is 2. The third-order valence-electron chi connectivity index (χ3n) is 3.01. The summed E-state index contributed by atoms with van der Waals surface area (Å²) in [6.07, 6.45) is 0. The number of ether oxygens (including phenoxy) is 1. The van der Waals surface area contributed by atoms with E-state index in [0.717, 1.165) is 5.56 Å². The van der Waals surface area contributed by atoms with E-state index in [9.17, 15) is 9.59 Å². The number of esters is 1. The van der Waals surface area contributed by atoms with Gasteiger partial charge in [0, 0.05) is 5.41 Å². The minimum Gasteiger partial charge on any atom is -0.481 e. The lowest BCUT2D eigenvalue weighted by molar-refractivity contribution is -0.165. The van der Waals surface area contributed by atoms with Crippen LogP contribution in [-0.2, 0) is 20.9 Å². The van der Waals surface area contributed by atoms with Crippen molar-refractivity contribution >= 4 is 11.9 Å². The lowest BCUT2D eigenvalue weighted by Crippen LogP contribution is -2.42. The van der Waals surface area contributed by atoms with Crippen LogP contribution in [0.3, 0.4) is 0 Å². The summed E-state index contributed by atoms with van der Waals surface area (Å²) < 4.78 is 5.06. The summed E-state index contributed by atoms with van der Waals surface area (Å²) in [4.78, 5) is 23.1. The van der Waals surface area contributed by atoms with Crippen molar-refractivity contribution in [3.63, 3.8) is 0 Å². The average molecular weight is 265 g/mol. The molecule has 0 heterocycles. The SMILES string of the molecule is CC(C)(CN)[C@@H](C(=O)O)C(=O)OCc1ccccc1. The zero-order valence-corrected chi connectivity index (χ0v) is 11.1. The van der Waals surface area contributed by atoms with Gasteiger partial charge in [-0.1, -0.05) is 44.2 Å². The van der Waals surface area contributed by atoms with E-state index in [-0.39, 0.29) is 13.2 Å². The molecule has 0 saturated carbocycles. The lowest BCUT2D eigenvalue weighted by Gasteiger charge is -2.28. The first-order valence-corrected chi connectivity index (χ1v) is 6.02. The van der Waals surface area contributed by atoms with E-state index in [1.807, 2.05) is 18.2 Å². The quantitative estimate of drug-likeness (QED) is 0.599. The van der Waals surface area contributed by atoms with Gasteiger partial charge in [0.15, 0.2) is 5.92 Å². The highest BCUT2D eigenvalue weighted by Gasteiger charge is 2.41. The molecule has 5 heteroatoms. The number of hydrogen-bond acceptors (Lipinski definition) is 4. The van der Waals surface area contributed by atoms with Crippen molar-refractivity contribution in [3.05, 3.63) is 35.9 Å². The molecule has 1 atom stereocenters. The highest BCUT2D eigenvalue weighted by Crippen LogP contribution is 2.27. The third-order valence-corrected chi connectivity index (χ3v) is 3.01. The second-order valence-electron chi connectivity index (χ2n) is 5.06. The molecule has 0 bridgehead atoms. The van der Waals surface area contributed by atoms with E-state index in [0.29, 0.717) is 0 Å². The van der Waals surface area contributed by atoms with E-state index in [1.165, 1.54) is 0 Å². The molecule has 0 amide bonds. The maximum Gasteiger partial charge on any atom is 0.321 e. The third kappa shape index (κ3) is 4.06. The minimum atomic E-state index is -1.26. The monoisotopic (exact) mass is 265 g/mol. The molecule has 0 aromatic heterocycles. The van der Waals surface area contributed by atoms with Gasteiger partial charge in [0.25, 0.3) is 0 Å². The number of nitrogens with two attached hydrogens (primary N) is 1. The number of aliphatic carboxylic acids is 1. The molecule has 104 valence electrons. The molecule has 0 spiro atoms. The molecule has 0 radical (unpaired) electrons. The van der Waals surface area contributed by atoms with Crippen LogP contribution in [0.25, 0.3) is 0 Å². The van der Waals surface area contributed by atoms with Crippen molar-refractivity contribution < 1.29 is 19.4 Å². The summed E-state index contributed by atoms with van der Waals surface area (Å²) in [7, 11) is 0. The fourth-order valence-electron chi connectivity index (χ4n) is 1.68. The van der Waals surface area contributed by atoms with Crippen molar-refractivity contribution in [3.8, 4) is 0 Å². The Morgan fingerprint density at radius 2 is 1.89 bits per heavy atom. The normalized spacial score (nSPS) is 12.8. The molecule has 0 saturated heterocycles. The Bertz CT molecular complexity index is 442. The Morgan fingerprint density at radius 1 is 1.32 bits per heavy atom. The molecule has 1 aromatic carbocycles. The van der Waals surface area contributed by atoms with Gasteiger partial charge in [-0.25, -0.2) is 0 Å². The van der Waals surface area contributed by atoms with Crippen LogP contribution in [0.2, 0.25) is 0 Å². The number of rotatable bonds is 6. The number of benzene rings is 1. The topological polar surface area (TPSA) is 89.6 Å². The highest BCUT2D eigenvalue weighted by atomic mass is 16.5. The summed E-state index contributed by atoms with van der Waals surface area (Å²) in [6, 6.07) is 9.10. The van der Waals surface area contributed by atoms with Crippen molar-refractivity contribution in [2.75, 3.05) is 6.54 Å². The van der Waals surface area contributed by atoms with E-state index >= 15 is 0 Å². The number of carbonyl (C=O) groups is 2. The van der Waals surface area contributed by atoms with Crippen molar-refractivity contribution in [1.82, 2.24) is 0 Å². The second kappa shape index (κ2) is 6.33. The summed E-state index contributed by atoms with van der Waals surface area (Å²) in [5.74, 6) is -3.23. The number of carbonyl (C=O) groups excluding carboxylic acids is 1. The van der Waals surface area contributed by atoms with Gasteiger partial charge in [-0.3, -0.25) is 9.59 Å². The maximum atomic E-state index is 11.9. The van der Waals surface area contributed by atoms with Crippen molar-refractivity contribution in [1.29, 1.82) is 0 Å². The van der Waals surface area contributed by atoms with Gasteiger partial charge >= 0.3 is 11.9 Å². The van der Waals surface area contributed by atoms with Crippen LogP contribution in [0.1, 0.15) is 19.4 Å². The van der Waals surface area contributed by atoms with E-state index < -0.39 is 23.3 Å². The standard InChI is InChI=1S/C14H19NO4/c1-14(2,9-15)11(12(16)17)13(18)19-8-10-6-4-3-5-7-10/h3-7,11H,8-9,15H2,1-2H3,(H,16,17)/t11-/m0/s1. The van der Waals surface area contributed by atoms with Crippen LogP contribution >= 0.6 is 0 Å². The molecule has 1 rings (SSSR count). The van der Waals surface area contributed by atoms with Crippen molar-refractivity contribution in [2.24, 2.45) is 17.1 Å². The molecule has 0 aliphatic heterocycles. The molecular weight excluding hydrogens is 246 g/mol. The van der Waals surface area contributed by atoms with Crippen LogP contribution in [0.5, 0.6) is 0 Å². The predicted molar refractivity (Wildman–Crippen MR) is 70.2 cm³/mol. The summed E-state index contributed by atoms with van der Waals surface area (Å²) in [5.41, 5.74) is 5.48. The first-order valence-electron chi connectivity index (χ1n) is 6.02. The van der Waals surface area contributed by atoms with E-state index in [1.54, 1.807) is 26.0 Å².